The van der Waals surface area contributed by atoms with Crippen LogP contribution in [0.5, 0.6) is 5.75 Å². The highest BCUT2D eigenvalue weighted by Gasteiger charge is 2.20. The van der Waals surface area contributed by atoms with Crippen molar-refractivity contribution in [1.29, 1.82) is 0 Å². The fourth-order valence-corrected chi connectivity index (χ4v) is 3.24. The van der Waals surface area contributed by atoms with E-state index in [0.717, 1.165) is 0 Å². The number of amides is 2. The zero-order valence-corrected chi connectivity index (χ0v) is 17.9. The molecular formula is C19H22N4O7S. The van der Waals surface area contributed by atoms with Crippen LogP contribution in [-0.4, -0.2) is 54.3 Å². The van der Waals surface area contributed by atoms with Gasteiger partial charge in [-0.25, -0.2) is 4.79 Å². The average molecular weight is 450 g/mol. The number of nitrogens with one attached hydrogen (secondary N) is 3. The summed E-state index contributed by atoms with van der Waals surface area (Å²) in [5.74, 6) is -0.386. The van der Waals surface area contributed by atoms with E-state index < -0.39 is 22.1 Å². The number of hydrogen-bond acceptors (Lipinski definition) is 8. The Morgan fingerprint density at radius 1 is 1.00 bits per heavy atom. The molecule has 0 spiro atoms. The lowest BCUT2D eigenvalue weighted by atomic mass is 10.2. The number of alkyl carbamates (subject to hydrolysis) is 1. The van der Waals surface area contributed by atoms with Gasteiger partial charge in [0, 0.05) is 14.2 Å². The third-order valence-electron chi connectivity index (χ3n) is 3.66. The van der Waals surface area contributed by atoms with Gasteiger partial charge in [-0.05, 0) is 30.3 Å². The van der Waals surface area contributed by atoms with E-state index in [2.05, 4.69) is 25.7 Å². The van der Waals surface area contributed by atoms with Crippen molar-refractivity contribution < 1.29 is 31.7 Å². The fourth-order valence-electron chi connectivity index (χ4n) is 2.28. The van der Waals surface area contributed by atoms with Gasteiger partial charge < -0.3 is 24.3 Å². The van der Waals surface area contributed by atoms with Crippen LogP contribution in [0.3, 0.4) is 0 Å². The molecule has 0 aliphatic rings. The maximum atomic E-state index is 12.7. The predicted octanol–water partition coefficient (Wildman–Crippen LogP) is 1.79. The summed E-state index contributed by atoms with van der Waals surface area (Å²) in [7, 11) is -0.269. The summed E-state index contributed by atoms with van der Waals surface area (Å²) in [5.41, 5.74) is 0.340. The van der Waals surface area contributed by atoms with E-state index in [4.69, 9.17) is 8.92 Å². The Labute approximate surface area is 179 Å². The smallest absolute Gasteiger partial charge is 0.413 e. The van der Waals surface area contributed by atoms with E-state index in [1.807, 2.05) is 0 Å². The van der Waals surface area contributed by atoms with Crippen molar-refractivity contribution in [3.05, 3.63) is 48.5 Å². The molecule has 166 valence electrons. The lowest BCUT2D eigenvalue weighted by Gasteiger charge is -2.16. The standard InChI is InChI=1S/C19H22N4O7S/c1-20-18(23-19(25)29-3)22-16-11-14(9-10-15(16)21-17(24)12-28-2)31(26,27)30-13-7-5-4-6-8-13/h4-11H,12H2,1-3H3,(H,21,24)(H2,20,22,23,25). The lowest BCUT2D eigenvalue weighted by molar-refractivity contribution is -0.119. The number of methoxy groups -OCH3 is 2. The number of carbonyl (C=O) groups is 2. The summed E-state index contributed by atoms with van der Waals surface area (Å²) in [5, 5.41) is 7.65. The van der Waals surface area contributed by atoms with Crippen LogP contribution >= 0.6 is 0 Å². The highest BCUT2D eigenvalue weighted by molar-refractivity contribution is 7.87. The molecule has 11 nitrogen and oxygen atoms in total. The van der Waals surface area contributed by atoms with Crippen LogP contribution in [0, 0.1) is 0 Å². The first kappa shape index (κ1) is 23.6. The van der Waals surface area contributed by atoms with Crippen molar-refractivity contribution in [3.63, 3.8) is 0 Å². The normalized spacial score (nSPS) is 11.4. The maximum absolute atomic E-state index is 12.7. The quantitative estimate of drug-likeness (QED) is 0.329. The van der Waals surface area contributed by atoms with Crippen LogP contribution in [-0.2, 0) is 24.4 Å². The third-order valence-corrected chi connectivity index (χ3v) is 4.90. The summed E-state index contributed by atoms with van der Waals surface area (Å²) in [4.78, 5) is 27.1. The number of aliphatic imine (C=N–C) groups is 1. The molecule has 0 fully saturated rings. The number of anilines is 2. The maximum Gasteiger partial charge on any atom is 0.413 e. The Bertz CT molecular complexity index is 1060. The predicted molar refractivity (Wildman–Crippen MR) is 114 cm³/mol. The number of rotatable bonds is 7. The summed E-state index contributed by atoms with van der Waals surface area (Å²) in [6, 6.07) is 11.8. The van der Waals surface area contributed by atoms with Gasteiger partial charge in [0.1, 0.15) is 17.3 Å². The van der Waals surface area contributed by atoms with Crippen molar-refractivity contribution >= 4 is 39.5 Å². The molecule has 31 heavy (non-hydrogen) atoms. The van der Waals surface area contributed by atoms with Gasteiger partial charge in [-0.15, -0.1) is 0 Å². The first-order chi connectivity index (χ1) is 14.8. The molecule has 0 aromatic heterocycles. The van der Waals surface area contributed by atoms with Crippen LogP contribution < -0.4 is 20.1 Å². The van der Waals surface area contributed by atoms with Gasteiger partial charge in [-0.3, -0.25) is 15.1 Å². The van der Waals surface area contributed by atoms with Gasteiger partial charge in [0.2, 0.25) is 11.9 Å². The van der Waals surface area contributed by atoms with Crippen LogP contribution in [0.15, 0.2) is 58.4 Å². The van der Waals surface area contributed by atoms with Crippen LogP contribution in [0.25, 0.3) is 0 Å². The SMILES string of the molecule is CN=C(NC(=O)OC)Nc1cc(S(=O)(=O)Oc2ccccc2)ccc1NC(=O)COC. The number of ether oxygens (including phenoxy) is 2. The summed E-state index contributed by atoms with van der Waals surface area (Å²) >= 11 is 0. The van der Waals surface area contributed by atoms with E-state index in [1.54, 1.807) is 18.2 Å². The molecule has 0 aliphatic heterocycles. The van der Waals surface area contributed by atoms with Crippen LogP contribution in [0.4, 0.5) is 16.2 Å². The number of hydrogen-bond donors (Lipinski definition) is 3. The molecule has 2 aromatic rings. The minimum Gasteiger partial charge on any atom is -0.453 e. The zero-order valence-electron chi connectivity index (χ0n) is 17.0. The number of carbonyl (C=O) groups excluding carboxylic acids is 2. The van der Waals surface area contributed by atoms with E-state index in [1.165, 1.54) is 51.6 Å². The molecule has 3 N–H and O–H groups in total. The minimum atomic E-state index is -4.19. The Morgan fingerprint density at radius 2 is 1.71 bits per heavy atom. The molecule has 0 unspecified atom stereocenters. The van der Waals surface area contributed by atoms with Crippen molar-refractivity contribution in [2.45, 2.75) is 4.90 Å². The fraction of sp³-hybridized carbons (Fsp3) is 0.211. The average Bonchev–Trinajstić information content (AvgIpc) is 2.74. The Balaban J connectivity index is 2.40. The summed E-state index contributed by atoms with van der Waals surface area (Å²) < 4.78 is 39.8. The zero-order chi connectivity index (χ0) is 22.9. The van der Waals surface area contributed by atoms with Crippen LogP contribution in [0.2, 0.25) is 0 Å². The van der Waals surface area contributed by atoms with Gasteiger partial charge in [0.05, 0.1) is 18.5 Å². The van der Waals surface area contributed by atoms with Gasteiger partial charge in [0.15, 0.2) is 0 Å². The third kappa shape index (κ3) is 6.97. The van der Waals surface area contributed by atoms with Crippen LogP contribution in [0.1, 0.15) is 0 Å². The largest absolute Gasteiger partial charge is 0.453 e. The molecule has 0 atom stereocenters. The highest BCUT2D eigenvalue weighted by atomic mass is 32.2. The first-order valence-corrected chi connectivity index (χ1v) is 10.2. The molecule has 0 aliphatic carbocycles. The van der Waals surface area contributed by atoms with E-state index in [9.17, 15) is 18.0 Å². The molecule has 0 heterocycles. The molecule has 2 rings (SSSR count). The lowest BCUT2D eigenvalue weighted by Crippen LogP contribution is -2.36. The van der Waals surface area contributed by atoms with Gasteiger partial charge in [-0.1, -0.05) is 18.2 Å². The molecule has 0 saturated carbocycles. The number of nitrogens with zero attached hydrogens (tertiary/aromatic N) is 1. The Hall–Kier alpha value is -3.64. The number of guanidine groups is 1. The second-order valence-electron chi connectivity index (χ2n) is 5.85. The molecule has 2 amide bonds. The molecule has 0 saturated heterocycles. The topological polar surface area (TPSA) is 144 Å². The first-order valence-electron chi connectivity index (χ1n) is 8.80. The Morgan fingerprint density at radius 3 is 2.32 bits per heavy atom. The highest BCUT2D eigenvalue weighted by Crippen LogP contribution is 2.27. The summed E-state index contributed by atoms with van der Waals surface area (Å²) in [6.45, 7) is -0.217. The second kappa shape index (κ2) is 10.9. The monoisotopic (exact) mass is 450 g/mol. The molecule has 2 aromatic carbocycles. The molecule has 0 radical (unpaired) electrons. The molecule has 12 heteroatoms. The van der Waals surface area contributed by atoms with Gasteiger partial charge >= 0.3 is 16.2 Å². The van der Waals surface area contributed by atoms with E-state index in [-0.39, 0.29) is 34.6 Å². The second-order valence-corrected chi connectivity index (χ2v) is 7.40. The molecular weight excluding hydrogens is 428 g/mol. The van der Waals surface area contributed by atoms with Crippen molar-refractivity contribution in [2.24, 2.45) is 4.99 Å². The van der Waals surface area contributed by atoms with Gasteiger partial charge in [0.25, 0.3) is 0 Å². The Kier molecular flexibility index (Phi) is 8.34. The minimum absolute atomic E-state index is 0.0485. The van der Waals surface area contributed by atoms with Crippen molar-refractivity contribution in [3.8, 4) is 5.75 Å². The van der Waals surface area contributed by atoms with E-state index in [0.29, 0.717) is 0 Å². The molecule has 0 bridgehead atoms. The number of benzene rings is 2. The van der Waals surface area contributed by atoms with Crippen molar-refractivity contribution in [2.75, 3.05) is 38.5 Å². The summed E-state index contributed by atoms with van der Waals surface area (Å²) in [6.07, 6.45) is -0.797. The number of para-hydroxylation sites is 1. The van der Waals surface area contributed by atoms with Gasteiger partial charge in [-0.2, -0.15) is 8.42 Å². The van der Waals surface area contributed by atoms with Crippen molar-refractivity contribution in [1.82, 2.24) is 5.32 Å². The van der Waals surface area contributed by atoms with E-state index >= 15 is 0 Å².